The highest BCUT2D eigenvalue weighted by Gasteiger charge is 2.10. The molecule has 0 aliphatic rings. The van der Waals surface area contributed by atoms with Crippen molar-refractivity contribution < 1.29 is 9.18 Å². The Bertz CT molecular complexity index is 382. The number of carbonyl (C=O) groups excluding carboxylic acids is 1. The summed E-state index contributed by atoms with van der Waals surface area (Å²) in [4.78, 5) is 11.5. The fourth-order valence-corrected chi connectivity index (χ4v) is 1.52. The summed E-state index contributed by atoms with van der Waals surface area (Å²) in [5.41, 5.74) is 6.27. The molecule has 1 aromatic carbocycles. The van der Waals surface area contributed by atoms with Gasteiger partial charge >= 0.3 is 0 Å². The summed E-state index contributed by atoms with van der Waals surface area (Å²) >= 11 is 0. The summed E-state index contributed by atoms with van der Waals surface area (Å²) in [5.74, 6) is -0.347. The predicted octanol–water partition coefficient (Wildman–Crippen LogP) is 3.49. The molecule has 100 valence electrons. The number of hydrazine groups is 1. The van der Waals surface area contributed by atoms with Crippen molar-refractivity contribution >= 4 is 11.6 Å². The van der Waals surface area contributed by atoms with E-state index >= 15 is 0 Å². The monoisotopic (exact) mass is 252 g/mol. The molecular weight excluding hydrogens is 231 g/mol. The fourth-order valence-electron chi connectivity index (χ4n) is 1.52. The van der Waals surface area contributed by atoms with Crippen LogP contribution in [0.3, 0.4) is 0 Å². The first-order valence-corrected chi connectivity index (χ1v) is 6.17. The first kappa shape index (κ1) is 14.5. The van der Waals surface area contributed by atoms with Crippen molar-refractivity contribution in [3.63, 3.8) is 0 Å². The van der Waals surface area contributed by atoms with E-state index in [-0.39, 0.29) is 17.1 Å². The standard InChI is InChI=1S/C14H21FN2O/c1-14(2,3)10-4-5-13(18)17-16-12-8-6-11(15)7-9-12/h6-9,16H,4-5,10H2,1-3H3,(H,17,18). The lowest BCUT2D eigenvalue weighted by atomic mass is 9.90. The third-order valence-electron chi connectivity index (χ3n) is 2.52. The Balaban J connectivity index is 2.23. The van der Waals surface area contributed by atoms with Crippen molar-refractivity contribution in [2.24, 2.45) is 5.41 Å². The summed E-state index contributed by atoms with van der Waals surface area (Å²) in [6.07, 6.45) is 2.36. The minimum absolute atomic E-state index is 0.0522. The molecule has 2 N–H and O–H groups in total. The maximum atomic E-state index is 12.6. The summed E-state index contributed by atoms with van der Waals surface area (Å²) in [6, 6.07) is 5.83. The minimum atomic E-state index is -0.294. The van der Waals surface area contributed by atoms with Gasteiger partial charge in [-0.25, -0.2) is 4.39 Å². The Kier molecular flexibility index (Phi) is 5.13. The molecule has 1 amide bonds. The quantitative estimate of drug-likeness (QED) is 0.788. The Morgan fingerprint density at radius 3 is 2.39 bits per heavy atom. The van der Waals surface area contributed by atoms with E-state index in [1.807, 2.05) is 0 Å². The van der Waals surface area contributed by atoms with E-state index in [1.54, 1.807) is 12.1 Å². The number of carbonyl (C=O) groups is 1. The van der Waals surface area contributed by atoms with Gasteiger partial charge in [0.15, 0.2) is 0 Å². The van der Waals surface area contributed by atoms with E-state index in [2.05, 4.69) is 31.6 Å². The van der Waals surface area contributed by atoms with Gasteiger partial charge in [-0.05, 0) is 42.5 Å². The largest absolute Gasteiger partial charge is 0.299 e. The SMILES string of the molecule is CC(C)(C)CCCC(=O)NNc1ccc(F)cc1. The first-order chi connectivity index (χ1) is 8.37. The lowest BCUT2D eigenvalue weighted by molar-refractivity contribution is -0.120. The number of rotatable bonds is 5. The van der Waals surface area contributed by atoms with Crippen LogP contribution in [0.5, 0.6) is 0 Å². The van der Waals surface area contributed by atoms with Crippen LogP contribution in [0, 0.1) is 11.2 Å². The fraction of sp³-hybridized carbons (Fsp3) is 0.500. The molecular formula is C14H21FN2O. The molecule has 0 saturated heterocycles. The molecule has 0 heterocycles. The van der Waals surface area contributed by atoms with E-state index in [1.165, 1.54) is 12.1 Å². The number of anilines is 1. The van der Waals surface area contributed by atoms with Crippen molar-refractivity contribution in [1.29, 1.82) is 0 Å². The van der Waals surface area contributed by atoms with Gasteiger partial charge in [-0.1, -0.05) is 20.8 Å². The van der Waals surface area contributed by atoms with Gasteiger partial charge in [0.25, 0.3) is 0 Å². The second kappa shape index (κ2) is 6.38. The van der Waals surface area contributed by atoms with Gasteiger partial charge in [0.2, 0.25) is 5.91 Å². The van der Waals surface area contributed by atoms with Gasteiger partial charge in [-0.3, -0.25) is 15.6 Å². The maximum absolute atomic E-state index is 12.6. The zero-order valence-corrected chi connectivity index (χ0v) is 11.2. The molecule has 0 bridgehead atoms. The van der Waals surface area contributed by atoms with E-state index in [0.29, 0.717) is 12.1 Å². The molecule has 3 nitrogen and oxygen atoms in total. The van der Waals surface area contributed by atoms with Crippen molar-refractivity contribution in [2.45, 2.75) is 40.0 Å². The van der Waals surface area contributed by atoms with Gasteiger partial charge in [-0.2, -0.15) is 0 Å². The Morgan fingerprint density at radius 1 is 1.22 bits per heavy atom. The number of amides is 1. The molecule has 0 atom stereocenters. The zero-order chi connectivity index (χ0) is 13.6. The number of hydrogen-bond donors (Lipinski definition) is 2. The average Bonchev–Trinajstić information content (AvgIpc) is 2.26. The molecule has 0 aliphatic heterocycles. The third-order valence-corrected chi connectivity index (χ3v) is 2.52. The smallest absolute Gasteiger partial charge is 0.238 e. The van der Waals surface area contributed by atoms with Crippen LogP contribution in [0.2, 0.25) is 0 Å². The van der Waals surface area contributed by atoms with Crippen LogP contribution in [0.15, 0.2) is 24.3 Å². The highest BCUT2D eigenvalue weighted by Crippen LogP contribution is 2.21. The van der Waals surface area contributed by atoms with E-state index in [4.69, 9.17) is 0 Å². The molecule has 0 fully saturated rings. The number of hydrogen-bond acceptors (Lipinski definition) is 2. The average molecular weight is 252 g/mol. The molecule has 0 aromatic heterocycles. The topological polar surface area (TPSA) is 41.1 Å². The lowest BCUT2D eigenvalue weighted by Gasteiger charge is -2.17. The summed E-state index contributed by atoms with van der Waals surface area (Å²) in [7, 11) is 0. The second-order valence-corrected chi connectivity index (χ2v) is 5.59. The molecule has 0 saturated carbocycles. The molecule has 0 spiro atoms. The Labute approximate surface area is 108 Å². The maximum Gasteiger partial charge on any atom is 0.238 e. The third kappa shape index (κ3) is 6.23. The van der Waals surface area contributed by atoms with Gasteiger partial charge in [0, 0.05) is 6.42 Å². The molecule has 0 unspecified atom stereocenters. The van der Waals surface area contributed by atoms with Gasteiger partial charge in [0.05, 0.1) is 5.69 Å². The molecule has 1 aromatic rings. The summed E-state index contributed by atoms with van der Waals surface area (Å²) in [5, 5.41) is 0. The van der Waals surface area contributed by atoms with Gasteiger partial charge < -0.3 is 0 Å². The molecule has 0 aliphatic carbocycles. The van der Waals surface area contributed by atoms with Crippen LogP contribution in [-0.4, -0.2) is 5.91 Å². The Hall–Kier alpha value is -1.58. The van der Waals surface area contributed by atoms with Crippen LogP contribution in [0.25, 0.3) is 0 Å². The predicted molar refractivity (Wildman–Crippen MR) is 71.5 cm³/mol. The first-order valence-electron chi connectivity index (χ1n) is 6.17. The van der Waals surface area contributed by atoms with Crippen LogP contribution < -0.4 is 10.9 Å². The van der Waals surface area contributed by atoms with Gasteiger partial charge in [-0.15, -0.1) is 0 Å². The van der Waals surface area contributed by atoms with Gasteiger partial charge in [0.1, 0.15) is 5.82 Å². The minimum Gasteiger partial charge on any atom is -0.299 e. The van der Waals surface area contributed by atoms with Crippen molar-refractivity contribution in [1.82, 2.24) is 5.43 Å². The number of benzene rings is 1. The molecule has 1 rings (SSSR count). The van der Waals surface area contributed by atoms with Crippen molar-refractivity contribution in [3.8, 4) is 0 Å². The van der Waals surface area contributed by atoms with Crippen LogP contribution in [0.1, 0.15) is 40.0 Å². The van der Waals surface area contributed by atoms with E-state index in [9.17, 15) is 9.18 Å². The van der Waals surface area contributed by atoms with E-state index in [0.717, 1.165) is 12.8 Å². The normalized spacial score (nSPS) is 11.1. The summed E-state index contributed by atoms with van der Waals surface area (Å²) in [6.45, 7) is 6.46. The Morgan fingerprint density at radius 2 is 1.83 bits per heavy atom. The molecule has 0 radical (unpaired) electrons. The highest BCUT2D eigenvalue weighted by atomic mass is 19.1. The van der Waals surface area contributed by atoms with E-state index < -0.39 is 0 Å². The van der Waals surface area contributed by atoms with Crippen molar-refractivity contribution in [2.75, 3.05) is 5.43 Å². The number of nitrogens with one attached hydrogen (secondary N) is 2. The van der Waals surface area contributed by atoms with Crippen LogP contribution in [0.4, 0.5) is 10.1 Å². The van der Waals surface area contributed by atoms with Crippen molar-refractivity contribution in [3.05, 3.63) is 30.1 Å². The zero-order valence-electron chi connectivity index (χ0n) is 11.2. The lowest BCUT2D eigenvalue weighted by Crippen LogP contribution is -2.29. The van der Waals surface area contributed by atoms with Crippen LogP contribution in [-0.2, 0) is 4.79 Å². The van der Waals surface area contributed by atoms with Crippen LogP contribution >= 0.6 is 0 Å². The highest BCUT2D eigenvalue weighted by molar-refractivity contribution is 5.77. The second-order valence-electron chi connectivity index (χ2n) is 5.59. The number of halogens is 1. The molecule has 18 heavy (non-hydrogen) atoms. The summed E-state index contributed by atoms with van der Waals surface area (Å²) < 4.78 is 12.6. The molecule has 4 heteroatoms.